The van der Waals surface area contributed by atoms with Gasteiger partial charge in [0.25, 0.3) is 5.91 Å². The van der Waals surface area contributed by atoms with Crippen molar-refractivity contribution in [3.63, 3.8) is 0 Å². The fourth-order valence-electron chi connectivity index (χ4n) is 2.96. The van der Waals surface area contributed by atoms with E-state index in [1.165, 1.54) is 11.1 Å². The SMILES string of the molecule is O=C(NCCO)c1ccc(COc2ccccc2CCc2ccccc2)cc1. The quantitative estimate of drug-likeness (QED) is 0.598. The van der Waals surface area contributed by atoms with Crippen molar-refractivity contribution in [1.29, 1.82) is 0 Å². The van der Waals surface area contributed by atoms with Gasteiger partial charge in [0.05, 0.1) is 6.61 Å². The summed E-state index contributed by atoms with van der Waals surface area (Å²) < 4.78 is 6.04. The van der Waals surface area contributed by atoms with Crippen LogP contribution in [0.4, 0.5) is 0 Å². The zero-order valence-corrected chi connectivity index (χ0v) is 15.8. The van der Waals surface area contributed by atoms with Gasteiger partial charge in [-0.15, -0.1) is 0 Å². The molecule has 0 atom stereocenters. The van der Waals surface area contributed by atoms with Gasteiger partial charge in [-0.25, -0.2) is 0 Å². The largest absolute Gasteiger partial charge is 0.489 e. The van der Waals surface area contributed by atoms with E-state index in [-0.39, 0.29) is 19.1 Å². The number of amides is 1. The van der Waals surface area contributed by atoms with Crippen molar-refractivity contribution in [2.24, 2.45) is 0 Å². The van der Waals surface area contributed by atoms with E-state index in [2.05, 4.69) is 35.6 Å². The van der Waals surface area contributed by atoms with E-state index in [0.29, 0.717) is 12.2 Å². The molecule has 144 valence electrons. The summed E-state index contributed by atoms with van der Waals surface area (Å²) in [7, 11) is 0. The van der Waals surface area contributed by atoms with Crippen molar-refractivity contribution < 1.29 is 14.6 Å². The predicted octanol–water partition coefficient (Wildman–Crippen LogP) is 3.77. The Labute approximate surface area is 165 Å². The van der Waals surface area contributed by atoms with Crippen LogP contribution in [0.3, 0.4) is 0 Å². The molecular formula is C24H25NO3. The van der Waals surface area contributed by atoms with Gasteiger partial charge >= 0.3 is 0 Å². The Morgan fingerprint density at radius 1 is 0.821 bits per heavy atom. The Kier molecular flexibility index (Phi) is 7.21. The van der Waals surface area contributed by atoms with E-state index >= 15 is 0 Å². The Morgan fingerprint density at radius 2 is 1.54 bits per heavy atom. The maximum atomic E-state index is 11.9. The van der Waals surface area contributed by atoms with Crippen LogP contribution in [-0.4, -0.2) is 24.2 Å². The number of rotatable bonds is 9. The van der Waals surface area contributed by atoms with Crippen LogP contribution < -0.4 is 10.1 Å². The second kappa shape index (κ2) is 10.3. The third-order valence-corrected chi connectivity index (χ3v) is 4.51. The molecule has 0 aliphatic rings. The molecule has 2 N–H and O–H groups in total. The molecule has 0 aliphatic carbocycles. The number of hydrogen-bond donors (Lipinski definition) is 2. The zero-order chi connectivity index (χ0) is 19.6. The molecule has 0 spiro atoms. The fraction of sp³-hybridized carbons (Fsp3) is 0.208. The summed E-state index contributed by atoms with van der Waals surface area (Å²) in [6.45, 7) is 0.631. The molecule has 0 fully saturated rings. The first-order valence-electron chi connectivity index (χ1n) is 9.49. The lowest BCUT2D eigenvalue weighted by Gasteiger charge is -2.12. The first-order valence-corrected chi connectivity index (χ1v) is 9.49. The topological polar surface area (TPSA) is 58.6 Å². The average molecular weight is 375 g/mol. The highest BCUT2D eigenvalue weighted by atomic mass is 16.5. The number of ether oxygens (including phenoxy) is 1. The lowest BCUT2D eigenvalue weighted by Crippen LogP contribution is -2.26. The minimum Gasteiger partial charge on any atom is -0.489 e. The van der Waals surface area contributed by atoms with Gasteiger partial charge in [-0.1, -0.05) is 60.7 Å². The van der Waals surface area contributed by atoms with Crippen molar-refractivity contribution in [2.45, 2.75) is 19.4 Å². The Hall–Kier alpha value is -3.11. The highest BCUT2D eigenvalue weighted by molar-refractivity contribution is 5.94. The van der Waals surface area contributed by atoms with Crippen molar-refractivity contribution in [3.05, 3.63) is 101 Å². The molecule has 0 radical (unpaired) electrons. The third-order valence-electron chi connectivity index (χ3n) is 4.51. The number of benzene rings is 3. The zero-order valence-electron chi connectivity index (χ0n) is 15.8. The van der Waals surface area contributed by atoms with Crippen molar-refractivity contribution in [2.75, 3.05) is 13.2 Å². The molecule has 0 saturated heterocycles. The maximum Gasteiger partial charge on any atom is 0.251 e. The van der Waals surface area contributed by atoms with Gasteiger partial charge < -0.3 is 15.2 Å². The highest BCUT2D eigenvalue weighted by Gasteiger charge is 2.06. The Bertz CT molecular complexity index is 876. The second-order valence-corrected chi connectivity index (χ2v) is 6.56. The molecule has 3 aromatic rings. The van der Waals surface area contributed by atoms with Gasteiger partial charge in [-0.2, -0.15) is 0 Å². The summed E-state index contributed by atoms with van der Waals surface area (Å²) in [5.41, 5.74) is 4.07. The van der Waals surface area contributed by atoms with Gasteiger partial charge in [0.2, 0.25) is 0 Å². The molecule has 3 rings (SSSR count). The van der Waals surface area contributed by atoms with Crippen LogP contribution in [0.1, 0.15) is 27.0 Å². The summed E-state index contributed by atoms with van der Waals surface area (Å²) >= 11 is 0. The van der Waals surface area contributed by atoms with Crippen LogP contribution >= 0.6 is 0 Å². The Balaban J connectivity index is 1.58. The smallest absolute Gasteiger partial charge is 0.251 e. The summed E-state index contributed by atoms with van der Waals surface area (Å²) in [4.78, 5) is 11.9. The summed E-state index contributed by atoms with van der Waals surface area (Å²) in [5.74, 6) is 0.705. The number of aliphatic hydroxyl groups is 1. The third kappa shape index (κ3) is 5.69. The minimum absolute atomic E-state index is 0.0681. The fourth-order valence-corrected chi connectivity index (χ4v) is 2.96. The number of carbonyl (C=O) groups is 1. The lowest BCUT2D eigenvalue weighted by atomic mass is 10.0. The van der Waals surface area contributed by atoms with Gasteiger partial charge in [0.15, 0.2) is 0 Å². The molecule has 28 heavy (non-hydrogen) atoms. The van der Waals surface area contributed by atoms with Crippen LogP contribution in [0.5, 0.6) is 5.75 Å². The van der Waals surface area contributed by atoms with Crippen LogP contribution in [0.25, 0.3) is 0 Å². The number of carbonyl (C=O) groups excluding carboxylic acids is 1. The van der Waals surface area contributed by atoms with E-state index in [1.54, 1.807) is 12.1 Å². The van der Waals surface area contributed by atoms with Gasteiger partial charge in [0, 0.05) is 12.1 Å². The number of nitrogens with one attached hydrogen (secondary N) is 1. The molecular weight excluding hydrogens is 350 g/mol. The predicted molar refractivity (Wildman–Crippen MR) is 110 cm³/mol. The van der Waals surface area contributed by atoms with Gasteiger partial charge in [0.1, 0.15) is 12.4 Å². The van der Waals surface area contributed by atoms with E-state index in [4.69, 9.17) is 9.84 Å². The molecule has 1 amide bonds. The molecule has 0 aliphatic heterocycles. The van der Waals surface area contributed by atoms with Gasteiger partial charge in [-0.05, 0) is 47.7 Å². The normalized spacial score (nSPS) is 10.5. The molecule has 3 aromatic carbocycles. The van der Waals surface area contributed by atoms with Crippen LogP contribution in [0.2, 0.25) is 0 Å². The van der Waals surface area contributed by atoms with Crippen LogP contribution in [0, 0.1) is 0 Å². The molecule has 4 heteroatoms. The molecule has 0 unspecified atom stereocenters. The first-order chi connectivity index (χ1) is 13.8. The van der Waals surface area contributed by atoms with E-state index < -0.39 is 0 Å². The van der Waals surface area contributed by atoms with Crippen molar-refractivity contribution >= 4 is 5.91 Å². The van der Waals surface area contributed by atoms with Crippen molar-refractivity contribution in [1.82, 2.24) is 5.32 Å². The maximum absolute atomic E-state index is 11.9. The second-order valence-electron chi connectivity index (χ2n) is 6.56. The van der Waals surface area contributed by atoms with E-state index in [1.807, 2.05) is 36.4 Å². The average Bonchev–Trinajstić information content (AvgIpc) is 2.76. The highest BCUT2D eigenvalue weighted by Crippen LogP contribution is 2.21. The minimum atomic E-state index is -0.187. The Morgan fingerprint density at radius 3 is 2.29 bits per heavy atom. The van der Waals surface area contributed by atoms with Crippen molar-refractivity contribution in [3.8, 4) is 5.75 Å². The number of hydrogen-bond acceptors (Lipinski definition) is 3. The summed E-state index contributed by atoms with van der Waals surface area (Å²) in [5, 5.41) is 11.4. The van der Waals surface area contributed by atoms with E-state index in [9.17, 15) is 4.79 Å². The summed E-state index contributed by atoms with van der Waals surface area (Å²) in [6, 6.07) is 25.9. The van der Waals surface area contributed by atoms with Gasteiger partial charge in [-0.3, -0.25) is 4.79 Å². The molecule has 0 aromatic heterocycles. The van der Waals surface area contributed by atoms with Crippen LogP contribution in [-0.2, 0) is 19.4 Å². The number of para-hydroxylation sites is 1. The molecule has 0 bridgehead atoms. The summed E-state index contributed by atoms with van der Waals surface area (Å²) in [6.07, 6.45) is 1.89. The number of aliphatic hydroxyl groups excluding tert-OH is 1. The van der Waals surface area contributed by atoms with E-state index in [0.717, 1.165) is 24.2 Å². The lowest BCUT2D eigenvalue weighted by molar-refractivity contribution is 0.0944. The molecule has 0 saturated carbocycles. The number of aryl methyl sites for hydroxylation is 2. The standard InChI is InChI=1S/C24H25NO3/c26-17-16-25-24(27)22-14-11-20(12-15-22)18-28-23-9-5-4-8-21(23)13-10-19-6-2-1-3-7-19/h1-9,11-12,14-15,26H,10,13,16-18H2,(H,25,27). The monoisotopic (exact) mass is 375 g/mol. The first kappa shape index (κ1) is 19.6. The molecule has 4 nitrogen and oxygen atoms in total. The molecule has 0 heterocycles. The van der Waals surface area contributed by atoms with Crippen LogP contribution in [0.15, 0.2) is 78.9 Å².